The van der Waals surface area contributed by atoms with Gasteiger partial charge in [0.2, 0.25) is 0 Å². The lowest BCUT2D eigenvalue weighted by Crippen LogP contribution is -2.36. The van der Waals surface area contributed by atoms with Gasteiger partial charge in [0.15, 0.2) is 0 Å². The fourth-order valence-corrected chi connectivity index (χ4v) is 2.83. The van der Waals surface area contributed by atoms with Gasteiger partial charge in [-0.05, 0) is 18.9 Å². The summed E-state index contributed by atoms with van der Waals surface area (Å²) in [6.07, 6.45) is 0.886. The van der Waals surface area contributed by atoms with Crippen molar-refractivity contribution in [2.75, 3.05) is 13.2 Å². The van der Waals surface area contributed by atoms with Crippen molar-refractivity contribution in [3.8, 4) is 0 Å². The van der Waals surface area contributed by atoms with Crippen LogP contribution in [0.2, 0.25) is 0 Å². The number of hydrogen-bond acceptors (Lipinski definition) is 2. The van der Waals surface area contributed by atoms with Crippen molar-refractivity contribution in [3.63, 3.8) is 0 Å². The number of nitrogens with zero attached hydrogens (tertiary/aromatic N) is 1. The first-order valence-corrected chi connectivity index (χ1v) is 5.77. The molecule has 0 unspecified atom stereocenters. The molecule has 1 spiro atoms. The van der Waals surface area contributed by atoms with E-state index in [0.29, 0.717) is 12.5 Å². The average molecular weight is 217 g/mol. The Balaban J connectivity index is 1.87. The van der Waals surface area contributed by atoms with Gasteiger partial charge in [-0.25, -0.2) is 4.79 Å². The van der Waals surface area contributed by atoms with E-state index in [1.165, 1.54) is 5.56 Å². The first-order valence-electron chi connectivity index (χ1n) is 5.77. The lowest BCUT2D eigenvalue weighted by atomic mass is 10.1. The predicted octanol–water partition coefficient (Wildman–Crippen LogP) is 2.38. The quantitative estimate of drug-likeness (QED) is 0.761. The average Bonchev–Trinajstić information content (AvgIpc) is 2.95. The summed E-state index contributed by atoms with van der Waals surface area (Å²) in [4.78, 5) is 13.4. The van der Waals surface area contributed by atoms with Crippen LogP contribution < -0.4 is 0 Å². The van der Waals surface area contributed by atoms with Gasteiger partial charge in [0.1, 0.15) is 6.61 Å². The molecule has 1 amide bonds. The molecule has 0 bridgehead atoms. The number of likely N-dealkylation sites (N-methyl/N-ethyl adjacent to an activating group) is 1. The Kier molecular flexibility index (Phi) is 1.96. The molecular formula is C13H15NO2. The molecule has 1 saturated carbocycles. The van der Waals surface area contributed by atoms with Crippen molar-refractivity contribution in [2.24, 2.45) is 0 Å². The molecule has 2 fully saturated rings. The normalized spacial score (nSPS) is 31.9. The Bertz CT molecular complexity index is 417. The summed E-state index contributed by atoms with van der Waals surface area (Å²) >= 11 is 0. The van der Waals surface area contributed by atoms with Crippen molar-refractivity contribution in [1.82, 2.24) is 4.90 Å². The maximum atomic E-state index is 11.5. The van der Waals surface area contributed by atoms with Crippen LogP contribution in [0.5, 0.6) is 0 Å². The molecule has 1 aromatic carbocycles. The fraction of sp³-hybridized carbons (Fsp3) is 0.462. The molecule has 84 valence electrons. The Hall–Kier alpha value is -1.51. The molecule has 3 rings (SSSR count). The number of rotatable bonds is 2. The van der Waals surface area contributed by atoms with E-state index in [2.05, 4.69) is 24.3 Å². The topological polar surface area (TPSA) is 29.5 Å². The van der Waals surface area contributed by atoms with E-state index in [-0.39, 0.29) is 11.6 Å². The number of hydrogen-bond donors (Lipinski definition) is 0. The first kappa shape index (κ1) is 9.70. The second kappa shape index (κ2) is 3.24. The van der Waals surface area contributed by atoms with Crippen LogP contribution in [0, 0.1) is 0 Å². The minimum atomic E-state index is -0.152. The fourth-order valence-electron chi connectivity index (χ4n) is 2.83. The van der Waals surface area contributed by atoms with E-state index in [9.17, 15) is 4.79 Å². The molecule has 1 saturated heterocycles. The van der Waals surface area contributed by atoms with E-state index >= 15 is 0 Å². The first-order chi connectivity index (χ1) is 7.78. The molecule has 16 heavy (non-hydrogen) atoms. The Morgan fingerprint density at radius 3 is 2.88 bits per heavy atom. The standard InChI is InChI=1S/C13H15NO2/c1-2-14-12(15)16-9-13(14)8-11(13)10-6-4-3-5-7-10/h3-7,11H,2,8-9H2,1H3/t11-,13-/m0/s1. The molecule has 3 nitrogen and oxygen atoms in total. The van der Waals surface area contributed by atoms with E-state index < -0.39 is 0 Å². The van der Waals surface area contributed by atoms with Crippen LogP contribution in [0.25, 0.3) is 0 Å². The Morgan fingerprint density at radius 2 is 2.19 bits per heavy atom. The summed E-state index contributed by atoms with van der Waals surface area (Å²) < 4.78 is 5.17. The van der Waals surface area contributed by atoms with Crippen molar-refractivity contribution in [2.45, 2.75) is 24.8 Å². The van der Waals surface area contributed by atoms with Gasteiger partial charge in [0, 0.05) is 12.5 Å². The zero-order valence-corrected chi connectivity index (χ0v) is 9.35. The van der Waals surface area contributed by atoms with Gasteiger partial charge in [-0.15, -0.1) is 0 Å². The molecule has 0 aromatic heterocycles. The Labute approximate surface area is 95.0 Å². The summed E-state index contributed by atoms with van der Waals surface area (Å²) in [5.41, 5.74) is 1.28. The van der Waals surface area contributed by atoms with E-state index in [0.717, 1.165) is 13.0 Å². The van der Waals surface area contributed by atoms with Crippen LogP contribution in [0.4, 0.5) is 4.79 Å². The molecule has 2 atom stereocenters. The van der Waals surface area contributed by atoms with Crippen LogP contribution in [0.1, 0.15) is 24.8 Å². The Morgan fingerprint density at radius 1 is 1.44 bits per heavy atom. The van der Waals surface area contributed by atoms with E-state index in [1.807, 2.05) is 17.9 Å². The summed E-state index contributed by atoms with van der Waals surface area (Å²) in [6.45, 7) is 3.30. The molecule has 0 N–H and O–H groups in total. The maximum Gasteiger partial charge on any atom is 0.410 e. The molecule has 2 aliphatic rings. The highest BCUT2D eigenvalue weighted by Crippen LogP contribution is 2.57. The van der Waals surface area contributed by atoms with Crippen LogP contribution >= 0.6 is 0 Å². The lowest BCUT2D eigenvalue weighted by molar-refractivity contribution is 0.159. The third kappa shape index (κ3) is 1.17. The summed E-state index contributed by atoms with van der Waals surface area (Å²) in [5, 5.41) is 0. The van der Waals surface area contributed by atoms with Crippen LogP contribution in [0.15, 0.2) is 30.3 Å². The van der Waals surface area contributed by atoms with Crippen molar-refractivity contribution in [1.29, 1.82) is 0 Å². The van der Waals surface area contributed by atoms with Crippen LogP contribution in [-0.2, 0) is 4.74 Å². The van der Waals surface area contributed by atoms with Gasteiger partial charge in [0.25, 0.3) is 0 Å². The van der Waals surface area contributed by atoms with Gasteiger partial charge in [0.05, 0.1) is 5.54 Å². The van der Waals surface area contributed by atoms with Crippen molar-refractivity contribution >= 4 is 6.09 Å². The maximum absolute atomic E-state index is 11.5. The number of cyclic esters (lactones) is 1. The van der Waals surface area contributed by atoms with E-state index in [1.54, 1.807) is 0 Å². The monoisotopic (exact) mass is 217 g/mol. The third-order valence-corrected chi connectivity index (χ3v) is 3.77. The molecule has 1 heterocycles. The molecule has 1 aliphatic heterocycles. The van der Waals surface area contributed by atoms with Crippen LogP contribution in [0.3, 0.4) is 0 Å². The SMILES string of the molecule is CCN1C(=O)OC[C@]12C[C@H]2c1ccccc1. The number of carbonyl (C=O) groups excluding carboxylic acids is 1. The second-order valence-corrected chi connectivity index (χ2v) is 4.57. The zero-order chi connectivity index (χ0) is 11.2. The molecule has 1 aromatic rings. The molecule has 1 aliphatic carbocycles. The van der Waals surface area contributed by atoms with Gasteiger partial charge in [-0.1, -0.05) is 30.3 Å². The van der Waals surface area contributed by atoms with E-state index in [4.69, 9.17) is 4.74 Å². The van der Waals surface area contributed by atoms with Gasteiger partial charge >= 0.3 is 6.09 Å². The molecule has 3 heteroatoms. The minimum absolute atomic E-state index is 0.0345. The largest absolute Gasteiger partial charge is 0.447 e. The number of ether oxygens (including phenoxy) is 1. The van der Waals surface area contributed by atoms with Crippen molar-refractivity contribution in [3.05, 3.63) is 35.9 Å². The summed E-state index contributed by atoms with van der Waals surface area (Å²) in [7, 11) is 0. The van der Waals surface area contributed by atoms with Gasteiger partial charge in [-0.3, -0.25) is 4.90 Å². The van der Waals surface area contributed by atoms with Gasteiger partial charge in [-0.2, -0.15) is 0 Å². The number of carbonyl (C=O) groups is 1. The second-order valence-electron chi connectivity index (χ2n) is 4.57. The summed E-state index contributed by atoms with van der Waals surface area (Å²) in [5.74, 6) is 0.458. The van der Waals surface area contributed by atoms with Gasteiger partial charge < -0.3 is 4.74 Å². The number of amides is 1. The molecular weight excluding hydrogens is 202 g/mol. The highest BCUT2D eigenvalue weighted by molar-refractivity contribution is 5.73. The summed E-state index contributed by atoms with van der Waals surface area (Å²) in [6, 6.07) is 10.4. The highest BCUT2D eigenvalue weighted by atomic mass is 16.6. The highest BCUT2D eigenvalue weighted by Gasteiger charge is 2.64. The number of benzene rings is 1. The smallest absolute Gasteiger partial charge is 0.410 e. The zero-order valence-electron chi connectivity index (χ0n) is 9.35. The molecule has 0 radical (unpaired) electrons. The predicted molar refractivity (Wildman–Crippen MR) is 60.3 cm³/mol. The van der Waals surface area contributed by atoms with Crippen molar-refractivity contribution < 1.29 is 9.53 Å². The van der Waals surface area contributed by atoms with Crippen LogP contribution in [-0.4, -0.2) is 29.7 Å². The lowest BCUT2D eigenvalue weighted by Gasteiger charge is -2.20. The third-order valence-electron chi connectivity index (χ3n) is 3.77. The minimum Gasteiger partial charge on any atom is -0.447 e.